The zero-order chi connectivity index (χ0) is 16.1. The zero-order valence-corrected chi connectivity index (χ0v) is 13.1. The summed E-state index contributed by atoms with van der Waals surface area (Å²) < 4.78 is 6.24. The van der Waals surface area contributed by atoms with Gasteiger partial charge < -0.3 is 4.74 Å². The van der Waals surface area contributed by atoms with Crippen molar-refractivity contribution in [2.24, 2.45) is 0 Å². The Hall–Kier alpha value is -2.43. The van der Waals surface area contributed by atoms with Gasteiger partial charge in [-0.2, -0.15) is 5.10 Å². The van der Waals surface area contributed by atoms with Crippen molar-refractivity contribution in [2.75, 3.05) is 6.61 Å². The van der Waals surface area contributed by atoms with Crippen molar-refractivity contribution in [3.05, 3.63) is 52.3 Å². The van der Waals surface area contributed by atoms with Gasteiger partial charge in [0.05, 0.1) is 12.3 Å². The van der Waals surface area contributed by atoms with Gasteiger partial charge in [-0.3, -0.25) is 4.79 Å². The molecular formula is C17H20N2O3. The third-order valence-corrected chi connectivity index (χ3v) is 3.41. The first-order valence-corrected chi connectivity index (χ1v) is 7.40. The Balaban J connectivity index is 2.43. The number of carbonyl (C=O) groups excluding carboxylic acids is 1. The Labute approximate surface area is 129 Å². The molecule has 1 heterocycles. The van der Waals surface area contributed by atoms with E-state index in [1.807, 2.05) is 38.1 Å². The lowest BCUT2D eigenvalue weighted by molar-refractivity contribution is -0.147. The molecule has 22 heavy (non-hydrogen) atoms. The van der Waals surface area contributed by atoms with Crippen LogP contribution in [0.15, 0.2) is 41.2 Å². The fourth-order valence-corrected chi connectivity index (χ4v) is 2.20. The molecule has 1 aromatic heterocycles. The van der Waals surface area contributed by atoms with Gasteiger partial charge in [-0.25, -0.2) is 9.48 Å². The van der Waals surface area contributed by atoms with Crippen LogP contribution in [0.5, 0.6) is 0 Å². The highest BCUT2D eigenvalue weighted by Crippen LogP contribution is 2.18. The summed E-state index contributed by atoms with van der Waals surface area (Å²) in [7, 11) is 0. The Morgan fingerprint density at radius 3 is 2.45 bits per heavy atom. The van der Waals surface area contributed by atoms with E-state index in [9.17, 15) is 9.59 Å². The Morgan fingerprint density at radius 2 is 1.86 bits per heavy atom. The third kappa shape index (κ3) is 3.42. The van der Waals surface area contributed by atoms with Crippen LogP contribution < -0.4 is 5.56 Å². The minimum absolute atomic E-state index is 0.280. The summed E-state index contributed by atoms with van der Waals surface area (Å²) in [5.41, 5.74) is 2.39. The molecule has 5 nitrogen and oxygen atoms in total. The first kappa shape index (κ1) is 15.9. The van der Waals surface area contributed by atoms with E-state index in [2.05, 4.69) is 5.10 Å². The molecule has 0 saturated carbocycles. The van der Waals surface area contributed by atoms with Crippen molar-refractivity contribution in [3.8, 4) is 11.3 Å². The number of benzene rings is 1. The number of aromatic nitrogens is 2. The van der Waals surface area contributed by atoms with Crippen LogP contribution in [-0.4, -0.2) is 22.4 Å². The van der Waals surface area contributed by atoms with E-state index < -0.39 is 12.0 Å². The lowest BCUT2D eigenvalue weighted by Crippen LogP contribution is -2.32. The van der Waals surface area contributed by atoms with E-state index in [0.717, 1.165) is 11.1 Å². The van der Waals surface area contributed by atoms with E-state index >= 15 is 0 Å². The van der Waals surface area contributed by atoms with E-state index in [-0.39, 0.29) is 12.2 Å². The van der Waals surface area contributed by atoms with Crippen molar-refractivity contribution in [1.82, 2.24) is 9.78 Å². The SMILES string of the molecule is CCOC(=O)[C@H](CC)n1nc(-c2ccc(C)cc2)ccc1=O. The summed E-state index contributed by atoms with van der Waals surface area (Å²) in [5.74, 6) is -0.430. The van der Waals surface area contributed by atoms with Crippen molar-refractivity contribution in [2.45, 2.75) is 33.2 Å². The Kier molecular flexibility index (Phi) is 5.09. The van der Waals surface area contributed by atoms with Gasteiger partial charge in [-0.15, -0.1) is 0 Å². The van der Waals surface area contributed by atoms with E-state index in [0.29, 0.717) is 12.1 Å². The van der Waals surface area contributed by atoms with Crippen LogP contribution in [0.25, 0.3) is 11.3 Å². The Morgan fingerprint density at radius 1 is 1.18 bits per heavy atom. The van der Waals surface area contributed by atoms with Gasteiger partial charge in [0.2, 0.25) is 0 Å². The van der Waals surface area contributed by atoms with Crippen LogP contribution in [0, 0.1) is 6.92 Å². The van der Waals surface area contributed by atoms with Gasteiger partial charge in [-0.1, -0.05) is 36.8 Å². The third-order valence-electron chi connectivity index (χ3n) is 3.41. The smallest absolute Gasteiger partial charge is 0.331 e. The number of esters is 1. The van der Waals surface area contributed by atoms with Crippen LogP contribution in [0.1, 0.15) is 31.9 Å². The second-order valence-electron chi connectivity index (χ2n) is 5.04. The molecule has 0 unspecified atom stereocenters. The molecule has 0 aliphatic heterocycles. The average Bonchev–Trinajstić information content (AvgIpc) is 2.51. The highest BCUT2D eigenvalue weighted by molar-refractivity contribution is 5.74. The lowest BCUT2D eigenvalue weighted by atomic mass is 10.1. The van der Waals surface area contributed by atoms with Crippen LogP contribution in [0.3, 0.4) is 0 Å². The summed E-state index contributed by atoms with van der Waals surface area (Å²) in [5, 5.41) is 4.35. The second-order valence-corrected chi connectivity index (χ2v) is 5.04. The summed E-state index contributed by atoms with van der Waals surface area (Å²) in [6, 6.07) is 10.3. The molecule has 0 radical (unpaired) electrons. The van der Waals surface area contributed by atoms with E-state index in [1.165, 1.54) is 10.7 Å². The molecule has 0 N–H and O–H groups in total. The van der Waals surface area contributed by atoms with Gasteiger partial charge >= 0.3 is 5.97 Å². The van der Waals surface area contributed by atoms with E-state index in [1.54, 1.807) is 13.0 Å². The molecule has 116 valence electrons. The molecule has 2 aromatic rings. The molecule has 1 aromatic carbocycles. The number of nitrogens with zero attached hydrogens (tertiary/aromatic N) is 2. The fourth-order valence-electron chi connectivity index (χ4n) is 2.20. The number of aryl methyl sites for hydroxylation is 1. The minimum atomic E-state index is -0.696. The van der Waals surface area contributed by atoms with Crippen LogP contribution >= 0.6 is 0 Å². The standard InChI is InChI=1S/C17H20N2O3/c1-4-15(17(21)22-5-2)19-16(20)11-10-14(18-19)13-8-6-12(3)7-9-13/h6-11,15H,4-5H2,1-3H3/t15-/m0/s1. The van der Waals surface area contributed by atoms with Gasteiger partial charge in [0.15, 0.2) is 6.04 Å². The van der Waals surface area contributed by atoms with Crippen LogP contribution in [-0.2, 0) is 9.53 Å². The lowest BCUT2D eigenvalue weighted by Gasteiger charge is -2.16. The van der Waals surface area contributed by atoms with Gasteiger partial charge in [0.1, 0.15) is 0 Å². The quantitative estimate of drug-likeness (QED) is 0.797. The molecule has 1 atom stereocenters. The minimum Gasteiger partial charge on any atom is -0.464 e. The van der Waals surface area contributed by atoms with Crippen LogP contribution in [0.4, 0.5) is 0 Å². The maximum Gasteiger partial charge on any atom is 0.331 e. The number of rotatable bonds is 5. The molecule has 0 aliphatic carbocycles. The average molecular weight is 300 g/mol. The second kappa shape index (κ2) is 7.02. The topological polar surface area (TPSA) is 61.2 Å². The summed E-state index contributed by atoms with van der Waals surface area (Å²) >= 11 is 0. The number of carbonyl (C=O) groups is 1. The number of hydrogen-bond donors (Lipinski definition) is 0. The molecular weight excluding hydrogens is 280 g/mol. The van der Waals surface area contributed by atoms with Gasteiger partial charge in [-0.05, 0) is 26.3 Å². The van der Waals surface area contributed by atoms with Gasteiger partial charge in [0.25, 0.3) is 5.56 Å². The van der Waals surface area contributed by atoms with Gasteiger partial charge in [0, 0.05) is 11.6 Å². The normalized spacial score (nSPS) is 12.0. The molecule has 5 heteroatoms. The zero-order valence-electron chi connectivity index (χ0n) is 13.1. The predicted octanol–water partition coefficient (Wildman–Crippen LogP) is 2.73. The monoisotopic (exact) mass is 300 g/mol. The van der Waals surface area contributed by atoms with E-state index in [4.69, 9.17) is 4.74 Å². The van der Waals surface area contributed by atoms with Crippen LogP contribution in [0.2, 0.25) is 0 Å². The van der Waals surface area contributed by atoms with Crippen molar-refractivity contribution in [3.63, 3.8) is 0 Å². The summed E-state index contributed by atoms with van der Waals surface area (Å²) in [6.45, 7) is 5.85. The van der Waals surface area contributed by atoms with Crippen molar-refractivity contribution < 1.29 is 9.53 Å². The Bertz CT molecular complexity index is 705. The molecule has 2 rings (SSSR count). The number of hydrogen-bond acceptors (Lipinski definition) is 4. The van der Waals surface area contributed by atoms with Crippen molar-refractivity contribution >= 4 is 5.97 Å². The summed E-state index contributed by atoms with van der Waals surface area (Å²) in [4.78, 5) is 24.1. The molecule has 0 bridgehead atoms. The first-order valence-electron chi connectivity index (χ1n) is 7.40. The summed E-state index contributed by atoms with van der Waals surface area (Å²) in [6.07, 6.45) is 0.448. The highest BCUT2D eigenvalue weighted by atomic mass is 16.5. The molecule has 0 aliphatic rings. The highest BCUT2D eigenvalue weighted by Gasteiger charge is 2.22. The van der Waals surface area contributed by atoms with Crippen molar-refractivity contribution in [1.29, 1.82) is 0 Å². The number of ether oxygens (including phenoxy) is 1. The first-order chi connectivity index (χ1) is 10.6. The largest absolute Gasteiger partial charge is 0.464 e. The maximum absolute atomic E-state index is 12.1. The maximum atomic E-state index is 12.1. The molecule has 0 fully saturated rings. The molecule has 0 amide bonds. The molecule has 0 spiro atoms. The molecule has 0 saturated heterocycles. The fraction of sp³-hybridized carbons (Fsp3) is 0.353. The predicted molar refractivity (Wildman–Crippen MR) is 84.6 cm³/mol.